The Balaban J connectivity index is 1.90. The van der Waals surface area contributed by atoms with Gasteiger partial charge in [0, 0.05) is 31.6 Å². The van der Waals surface area contributed by atoms with Gasteiger partial charge in [0.15, 0.2) is 0 Å². The molecule has 0 aromatic carbocycles. The van der Waals surface area contributed by atoms with Gasteiger partial charge in [0.1, 0.15) is 11.4 Å². The molecule has 1 aromatic heterocycles. The number of rotatable bonds is 4. The lowest BCUT2D eigenvalue weighted by Crippen LogP contribution is -2.50. The van der Waals surface area contributed by atoms with Crippen molar-refractivity contribution in [3.63, 3.8) is 0 Å². The van der Waals surface area contributed by atoms with Crippen molar-refractivity contribution in [2.24, 2.45) is 5.41 Å². The molecule has 0 aliphatic carbocycles. The summed E-state index contributed by atoms with van der Waals surface area (Å²) in [4.78, 5) is 32.7. The molecule has 1 aliphatic heterocycles. The molecule has 0 unspecified atom stereocenters. The number of aromatic nitrogens is 1. The quantitative estimate of drug-likeness (QED) is 0.870. The van der Waals surface area contributed by atoms with Crippen molar-refractivity contribution >= 4 is 23.5 Å². The fourth-order valence-electron chi connectivity index (χ4n) is 2.57. The van der Waals surface area contributed by atoms with E-state index in [-0.39, 0.29) is 12.0 Å². The Labute approximate surface area is 162 Å². The molecule has 0 saturated carbocycles. The summed E-state index contributed by atoms with van der Waals surface area (Å²) in [6.07, 6.45) is 2.26. The van der Waals surface area contributed by atoms with Gasteiger partial charge in [0.25, 0.3) is 0 Å². The smallest absolute Gasteiger partial charge is 0.410 e. The molecule has 1 aliphatic rings. The molecule has 0 spiro atoms. The number of pyridine rings is 1. The standard InChI is InChI=1S/C20H32N4O3/c1-7-20(5,6)17(25)22-16-9-8-15(14-21-16)23-10-12-24(13-11-23)18(26)27-19(2,3)4/h8-9,14H,7,10-13H2,1-6H3,(H,21,22,25). The Morgan fingerprint density at radius 3 is 2.22 bits per heavy atom. The lowest BCUT2D eigenvalue weighted by atomic mass is 9.89. The van der Waals surface area contributed by atoms with Crippen LogP contribution in [0.2, 0.25) is 0 Å². The predicted octanol–water partition coefficient (Wildman–Crippen LogP) is 3.51. The Morgan fingerprint density at radius 1 is 1.11 bits per heavy atom. The van der Waals surface area contributed by atoms with Crippen LogP contribution in [0, 0.1) is 5.41 Å². The lowest BCUT2D eigenvalue weighted by Gasteiger charge is -2.36. The summed E-state index contributed by atoms with van der Waals surface area (Å²) in [5.74, 6) is 0.522. The molecule has 1 N–H and O–H groups in total. The minimum atomic E-state index is -0.481. The van der Waals surface area contributed by atoms with Gasteiger partial charge in [-0.25, -0.2) is 9.78 Å². The number of nitrogens with zero attached hydrogens (tertiary/aromatic N) is 3. The molecular formula is C20H32N4O3. The van der Waals surface area contributed by atoms with E-state index in [4.69, 9.17) is 4.74 Å². The Hall–Kier alpha value is -2.31. The number of nitrogens with one attached hydrogen (secondary N) is 1. The third-order valence-electron chi connectivity index (χ3n) is 4.78. The van der Waals surface area contributed by atoms with Crippen molar-refractivity contribution in [3.05, 3.63) is 18.3 Å². The van der Waals surface area contributed by atoms with Crippen LogP contribution in [0.25, 0.3) is 0 Å². The van der Waals surface area contributed by atoms with Crippen molar-refractivity contribution in [2.75, 3.05) is 36.4 Å². The topological polar surface area (TPSA) is 74.8 Å². The second-order valence-electron chi connectivity index (χ2n) is 8.55. The van der Waals surface area contributed by atoms with Crippen LogP contribution in [0.1, 0.15) is 48.0 Å². The maximum atomic E-state index is 12.2. The highest BCUT2D eigenvalue weighted by molar-refractivity contribution is 5.94. The maximum absolute atomic E-state index is 12.2. The highest BCUT2D eigenvalue weighted by Crippen LogP contribution is 2.23. The summed E-state index contributed by atoms with van der Waals surface area (Å²) in [7, 11) is 0. The summed E-state index contributed by atoms with van der Waals surface area (Å²) in [5.41, 5.74) is 0.0786. The van der Waals surface area contributed by atoms with Crippen molar-refractivity contribution in [2.45, 2.75) is 53.6 Å². The number of piperazine rings is 1. The van der Waals surface area contributed by atoms with Gasteiger partial charge in [0.2, 0.25) is 5.91 Å². The summed E-state index contributed by atoms with van der Waals surface area (Å²) < 4.78 is 5.42. The molecule has 2 amide bonds. The van der Waals surface area contributed by atoms with E-state index in [0.29, 0.717) is 18.9 Å². The molecule has 1 fully saturated rings. The van der Waals surface area contributed by atoms with Crippen LogP contribution in [0.4, 0.5) is 16.3 Å². The Bertz CT molecular complexity index is 657. The molecule has 7 heteroatoms. The fraction of sp³-hybridized carbons (Fsp3) is 0.650. The molecule has 0 atom stereocenters. The molecule has 2 heterocycles. The van der Waals surface area contributed by atoms with E-state index in [1.165, 1.54) is 0 Å². The maximum Gasteiger partial charge on any atom is 0.410 e. The molecule has 0 radical (unpaired) electrons. The fourth-order valence-corrected chi connectivity index (χ4v) is 2.57. The van der Waals surface area contributed by atoms with Crippen molar-refractivity contribution < 1.29 is 14.3 Å². The molecule has 7 nitrogen and oxygen atoms in total. The van der Waals surface area contributed by atoms with E-state index < -0.39 is 11.0 Å². The first-order chi connectivity index (χ1) is 12.5. The lowest BCUT2D eigenvalue weighted by molar-refractivity contribution is -0.124. The minimum absolute atomic E-state index is 0.0313. The Kier molecular flexibility index (Phi) is 6.34. The second-order valence-corrected chi connectivity index (χ2v) is 8.55. The average molecular weight is 377 g/mol. The van der Waals surface area contributed by atoms with Crippen LogP contribution in [-0.4, -0.2) is 53.7 Å². The molecular weight excluding hydrogens is 344 g/mol. The van der Waals surface area contributed by atoms with E-state index in [0.717, 1.165) is 25.2 Å². The highest BCUT2D eigenvalue weighted by Gasteiger charge is 2.27. The Morgan fingerprint density at radius 2 is 1.74 bits per heavy atom. The van der Waals surface area contributed by atoms with Crippen LogP contribution < -0.4 is 10.2 Å². The van der Waals surface area contributed by atoms with E-state index in [1.807, 2.05) is 53.7 Å². The number of hydrogen-bond acceptors (Lipinski definition) is 5. The highest BCUT2D eigenvalue weighted by atomic mass is 16.6. The summed E-state index contributed by atoms with van der Waals surface area (Å²) in [6.45, 7) is 14.1. The number of carbonyl (C=O) groups is 2. The number of carbonyl (C=O) groups excluding carboxylic acids is 2. The zero-order chi connectivity index (χ0) is 20.2. The van der Waals surface area contributed by atoms with Crippen LogP contribution >= 0.6 is 0 Å². The number of anilines is 2. The SMILES string of the molecule is CCC(C)(C)C(=O)Nc1ccc(N2CCN(C(=O)OC(C)(C)C)CC2)cn1. The van der Waals surface area contributed by atoms with Crippen molar-refractivity contribution in [1.82, 2.24) is 9.88 Å². The van der Waals surface area contributed by atoms with Crippen LogP contribution in [-0.2, 0) is 9.53 Å². The third-order valence-corrected chi connectivity index (χ3v) is 4.78. The average Bonchev–Trinajstić information content (AvgIpc) is 2.61. The molecule has 2 rings (SSSR count). The van der Waals surface area contributed by atoms with Gasteiger partial charge >= 0.3 is 6.09 Å². The van der Waals surface area contributed by atoms with Gasteiger partial charge in [-0.3, -0.25) is 4.79 Å². The van der Waals surface area contributed by atoms with Crippen LogP contribution in [0.5, 0.6) is 0 Å². The number of amides is 2. The minimum Gasteiger partial charge on any atom is -0.444 e. The van der Waals surface area contributed by atoms with Crippen LogP contribution in [0.15, 0.2) is 18.3 Å². The molecule has 27 heavy (non-hydrogen) atoms. The first kappa shape index (κ1) is 21.0. The number of hydrogen-bond donors (Lipinski definition) is 1. The summed E-state index contributed by atoms with van der Waals surface area (Å²) in [6, 6.07) is 3.77. The van der Waals surface area contributed by atoms with E-state index in [2.05, 4.69) is 15.2 Å². The van der Waals surface area contributed by atoms with Gasteiger partial charge in [-0.1, -0.05) is 20.8 Å². The van der Waals surface area contributed by atoms with Gasteiger partial charge in [-0.2, -0.15) is 0 Å². The molecule has 1 saturated heterocycles. The zero-order valence-corrected chi connectivity index (χ0v) is 17.3. The molecule has 1 aromatic rings. The molecule has 0 bridgehead atoms. The van der Waals surface area contributed by atoms with Gasteiger partial charge in [-0.15, -0.1) is 0 Å². The van der Waals surface area contributed by atoms with Crippen molar-refractivity contribution in [3.8, 4) is 0 Å². The monoisotopic (exact) mass is 376 g/mol. The first-order valence-electron chi connectivity index (χ1n) is 9.52. The van der Waals surface area contributed by atoms with Gasteiger partial charge < -0.3 is 19.9 Å². The summed E-state index contributed by atoms with van der Waals surface area (Å²) >= 11 is 0. The van der Waals surface area contributed by atoms with E-state index in [9.17, 15) is 9.59 Å². The predicted molar refractivity (Wildman–Crippen MR) is 107 cm³/mol. The van der Waals surface area contributed by atoms with Gasteiger partial charge in [-0.05, 0) is 39.3 Å². The third kappa shape index (κ3) is 5.84. The number of ether oxygens (including phenoxy) is 1. The first-order valence-corrected chi connectivity index (χ1v) is 9.52. The second kappa shape index (κ2) is 8.15. The summed E-state index contributed by atoms with van der Waals surface area (Å²) in [5, 5.41) is 2.87. The normalized spacial score (nSPS) is 15.5. The van der Waals surface area contributed by atoms with E-state index >= 15 is 0 Å². The largest absolute Gasteiger partial charge is 0.444 e. The van der Waals surface area contributed by atoms with Crippen LogP contribution in [0.3, 0.4) is 0 Å². The molecule has 150 valence electrons. The zero-order valence-electron chi connectivity index (χ0n) is 17.3. The van der Waals surface area contributed by atoms with Crippen molar-refractivity contribution in [1.29, 1.82) is 0 Å². The van der Waals surface area contributed by atoms with Gasteiger partial charge in [0.05, 0.1) is 11.9 Å². The van der Waals surface area contributed by atoms with E-state index in [1.54, 1.807) is 11.1 Å².